The Morgan fingerprint density at radius 2 is 2.00 bits per heavy atom. The second-order valence-electron chi connectivity index (χ2n) is 5.34. The number of nitrogens with one attached hydrogen (secondary N) is 1. The second kappa shape index (κ2) is 6.60. The van der Waals surface area contributed by atoms with Gasteiger partial charge in [0.1, 0.15) is 0 Å². The normalized spacial score (nSPS) is 10.7. The molecule has 0 atom stereocenters. The highest BCUT2D eigenvalue weighted by atomic mass is 32.1. The fourth-order valence-corrected chi connectivity index (χ4v) is 4.16. The van der Waals surface area contributed by atoms with E-state index >= 15 is 0 Å². The lowest BCUT2D eigenvalue weighted by atomic mass is 10.1. The number of rotatable bonds is 4. The summed E-state index contributed by atoms with van der Waals surface area (Å²) in [5.41, 5.74) is 4.41. The molecular weight excluding hydrogens is 326 g/mol. The molecule has 4 nitrogen and oxygen atoms in total. The van der Waals surface area contributed by atoms with Crippen molar-refractivity contribution in [3.63, 3.8) is 0 Å². The number of aromatic nitrogens is 2. The molecule has 0 saturated heterocycles. The molecule has 118 valence electrons. The van der Waals surface area contributed by atoms with Crippen molar-refractivity contribution in [2.24, 2.45) is 0 Å². The van der Waals surface area contributed by atoms with Gasteiger partial charge in [0.15, 0.2) is 5.13 Å². The van der Waals surface area contributed by atoms with Gasteiger partial charge in [-0.3, -0.25) is 4.79 Å². The molecule has 1 amide bonds. The van der Waals surface area contributed by atoms with Crippen LogP contribution in [0.1, 0.15) is 28.8 Å². The average molecular weight is 343 g/mol. The van der Waals surface area contributed by atoms with E-state index in [1.807, 2.05) is 6.92 Å². The zero-order valence-electron chi connectivity index (χ0n) is 13.2. The van der Waals surface area contributed by atoms with Gasteiger partial charge in [0.25, 0.3) is 0 Å². The van der Waals surface area contributed by atoms with Crippen molar-refractivity contribution < 1.29 is 4.79 Å². The van der Waals surface area contributed by atoms with Crippen LogP contribution in [0.3, 0.4) is 0 Å². The summed E-state index contributed by atoms with van der Waals surface area (Å²) in [7, 11) is 0. The first-order valence-corrected chi connectivity index (χ1v) is 8.97. The summed E-state index contributed by atoms with van der Waals surface area (Å²) in [5.74, 6) is -0.108. The molecule has 2 aromatic heterocycles. The highest BCUT2D eigenvalue weighted by Crippen LogP contribution is 2.33. The van der Waals surface area contributed by atoms with Gasteiger partial charge in [-0.1, -0.05) is 35.6 Å². The van der Waals surface area contributed by atoms with Crippen LogP contribution < -0.4 is 5.32 Å². The summed E-state index contributed by atoms with van der Waals surface area (Å²) in [6.07, 6.45) is 0.841. The highest BCUT2D eigenvalue weighted by molar-refractivity contribution is 7.19. The number of amides is 1. The van der Waals surface area contributed by atoms with E-state index in [0.29, 0.717) is 5.13 Å². The number of thiazole rings is 2. The summed E-state index contributed by atoms with van der Waals surface area (Å²) >= 11 is 3.13. The monoisotopic (exact) mass is 343 g/mol. The van der Waals surface area contributed by atoms with E-state index in [-0.39, 0.29) is 5.91 Å². The van der Waals surface area contributed by atoms with Crippen molar-refractivity contribution in [1.82, 2.24) is 9.97 Å². The molecule has 0 spiro atoms. The summed E-state index contributed by atoms with van der Waals surface area (Å²) in [6.45, 7) is 5.55. The minimum absolute atomic E-state index is 0.108. The molecule has 6 heteroatoms. The fraction of sp³-hybridized carbons (Fsp3) is 0.235. The van der Waals surface area contributed by atoms with Gasteiger partial charge in [-0.25, -0.2) is 9.97 Å². The van der Waals surface area contributed by atoms with E-state index in [1.165, 1.54) is 29.4 Å². The van der Waals surface area contributed by atoms with Gasteiger partial charge in [0.2, 0.25) is 5.91 Å². The van der Waals surface area contributed by atoms with E-state index in [2.05, 4.69) is 46.9 Å². The number of aryl methyl sites for hydroxylation is 2. The van der Waals surface area contributed by atoms with Gasteiger partial charge < -0.3 is 5.32 Å². The van der Waals surface area contributed by atoms with E-state index < -0.39 is 0 Å². The third-order valence-electron chi connectivity index (χ3n) is 3.47. The van der Waals surface area contributed by atoms with Gasteiger partial charge in [0, 0.05) is 18.7 Å². The molecule has 1 N–H and O–H groups in total. The van der Waals surface area contributed by atoms with Crippen LogP contribution in [0.2, 0.25) is 0 Å². The predicted molar refractivity (Wildman–Crippen MR) is 96.2 cm³/mol. The van der Waals surface area contributed by atoms with Crippen LogP contribution in [-0.2, 0) is 11.2 Å². The van der Waals surface area contributed by atoms with E-state index in [1.54, 1.807) is 11.3 Å². The van der Waals surface area contributed by atoms with Gasteiger partial charge in [-0.2, -0.15) is 0 Å². The molecule has 1 aromatic carbocycles. The van der Waals surface area contributed by atoms with Gasteiger partial charge in [-0.15, -0.1) is 11.3 Å². The molecule has 3 rings (SSSR count). The van der Waals surface area contributed by atoms with Gasteiger partial charge in [0.05, 0.1) is 21.3 Å². The summed E-state index contributed by atoms with van der Waals surface area (Å²) < 4.78 is 0. The minimum atomic E-state index is -0.108. The van der Waals surface area contributed by atoms with Crippen LogP contribution in [0.25, 0.3) is 10.6 Å². The molecule has 23 heavy (non-hydrogen) atoms. The van der Waals surface area contributed by atoms with E-state index in [0.717, 1.165) is 27.7 Å². The molecule has 0 aliphatic carbocycles. The van der Waals surface area contributed by atoms with Crippen molar-refractivity contribution >= 4 is 33.7 Å². The van der Waals surface area contributed by atoms with Crippen LogP contribution in [0, 0.1) is 13.8 Å². The number of anilines is 1. The summed E-state index contributed by atoms with van der Waals surface area (Å²) in [6, 6.07) is 8.38. The Balaban J connectivity index is 1.83. The number of carbonyl (C=O) groups is 1. The zero-order valence-corrected chi connectivity index (χ0v) is 14.8. The smallest absolute Gasteiger partial charge is 0.223 e. The maximum absolute atomic E-state index is 11.2. The predicted octanol–water partition coefficient (Wildman–Crippen LogP) is 4.43. The van der Waals surface area contributed by atoms with E-state index in [9.17, 15) is 4.79 Å². The average Bonchev–Trinajstić information content (AvgIpc) is 3.07. The van der Waals surface area contributed by atoms with Crippen molar-refractivity contribution in [1.29, 1.82) is 0 Å². The highest BCUT2D eigenvalue weighted by Gasteiger charge is 2.14. The molecule has 0 radical (unpaired) electrons. The zero-order chi connectivity index (χ0) is 16.4. The molecule has 2 heterocycles. The molecule has 0 unspecified atom stereocenters. The van der Waals surface area contributed by atoms with Crippen LogP contribution in [0.15, 0.2) is 29.6 Å². The third kappa shape index (κ3) is 3.65. The lowest BCUT2D eigenvalue weighted by molar-refractivity contribution is -0.114. The number of benzene rings is 1. The Morgan fingerprint density at radius 1 is 1.22 bits per heavy atom. The number of hydrogen-bond donors (Lipinski definition) is 1. The topological polar surface area (TPSA) is 54.9 Å². The lowest BCUT2D eigenvalue weighted by Crippen LogP contribution is -2.04. The van der Waals surface area contributed by atoms with Crippen LogP contribution >= 0.6 is 22.7 Å². The maximum Gasteiger partial charge on any atom is 0.223 e. The van der Waals surface area contributed by atoms with Crippen molar-refractivity contribution in [3.05, 3.63) is 51.5 Å². The minimum Gasteiger partial charge on any atom is -0.302 e. The van der Waals surface area contributed by atoms with Crippen LogP contribution in [0.5, 0.6) is 0 Å². The quantitative estimate of drug-likeness (QED) is 0.762. The standard InChI is InChI=1S/C17H17N3OS2/c1-10-6-4-5-7-13(10)8-15-20-14(9-22-15)16-11(2)18-17(23-16)19-12(3)21/h4-7,9H,8H2,1-3H3,(H,18,19,21). The molecule has 0 aliphatic rings. The Bertz CT molecular complexity index is 851. The third-order valence-corrected chi connectivity index (χ3v) is 5.41. The van der Waals surface area contributed by atoms with Crippen LogP contribution in [-0.4, -0.2) is 15.9 Å². The Labute approximate surface area is 143 Å². The van der Waals surface area contributed by atoms with Gasteiger partial charge >= 0.3 is 0 Å². The molecular formula is C17H17N3OS2. The number of carbonyl (C=O) groups excluding carboxylic acids is 1. The van der Waals surface area contributed by atoms with E-state index in [4.69, 9.17) is 4.98 Å². The largest absolute Gasteiger partial charge is 0.302 e. The Hall–Kier alpha value is -2.05. The molecule has 0 aliphatic heterocycles. The number of nitrogens with zero attached hydrogens (tertiary/aromatic N) is 2. The first-order chi connectivity index (χ1) is 11.0. The maximum atomic E-state index is 11.2. The Morgan fingerprint density at radius 3 is 2.74 bits per heavy atom. The molecule has 0 saturated carbocycles. The van der Waals surface area contributed by atoms with Crippen LogP contribution in [0.4, 0.5) is 5.13 Å². The molecule has 0 bridgehead atoms. The summed E-state index contributed by atoms with van der Waals surface area (Å²) in [4.78, 5) is 21.3. The van der Waals surface area contributed by atoms with Crippen molar-refractivity contribution in [3.8, 4) is 10.6 Å². The first-order valence-electron chi connectivity index (χ1n) is 7.27. The molecule has 3 aromatic rings. The fourth-order valence-electron chi connectivity index (χ4n) is 2.31. The second-order valence-corrected chi connectivity index (χ2v) is 7.29. The van der Waals surface area contributed by atoms with Gasteiger partial charge in [-0.05, 0) is 25.0 Å². The lowest BCUT2D eigenvalue weighted by Gasteiger charge is -2.02. The summed E-state index contributed by atoms with van der Waals surface area (Å²) in [5, 5.41) is 6.50. The number of hydrogen-bond acceptors (Lipinski definition) is 5. The van der Waals surface area contributed by atoms with Crippen molar-refractivity contribution in [2.45, 2.75) is 27.2 Å². The Kier molecular flexibility index (Phi) is 4.54. The first kappa shape index (κ1) is 15.8. The SMILES string of the molecule is CC(=O)Nc1nc(C)c(-c2csc(Cc3ccccc3C)n2)s1. The molecule has 0 fully saturated rings. The van der Waals surface area contributed by atoms with Crippen molar-refractivity contribution in [2.75, 3.05) is 5.32 Å².